The maximum atomic E-state index is 6.15. The summed E-state index contributed by atoms with van der Waals surface area (Å²) in [6.07, 6.45) is 0. The van der Waals surface area contributed by atoms with Gasteiger partial charge in [0.25, 0.3) is 0 Å². The van der Waals surface area contributed by atoms with Crippen LogP contribution in [0.3, 0.4) is 0 Å². The van der Waals surface area contributed by atoms with E-state index in [9.17, 15) is 0 Å². The number of benzene rings is 2. The van der Waals surface area contributed by atoms with Crippen molar-refractivity contribution < 1.29 is 0 Å². The van der Waals surface area contributed by atoms with Crippen molar-refractivity contribution >= 4 is 23.2 Å². The highest BCUT2D eigenvalue weighted by Gasteiger charge is 2.13. The van der Waals surface area contributed by atoms with Crippen molar-refractivity contribution in [3.8, 4) is 11.3 Å². The molecule has 1 heterocycles. The van der Waals surface area contributed by atoms with Gasteiger partial charge in [-0.2, -0.15) is 15.0 Å². The van der Waals surface area contributed by atoms with E-state index >= 15 is 0 Å². The lowest BCUT2D eigenvalue weighted by Gasteiger charge is -2.17. The molecule has 1 N–H and O–H groups in total. The Morgan fingerprint density at radius 1 is 0.966 bits per heavy atom. The van der Waals surface area contributed by atoms with Crippen LogP contribution in [0.4, 0.5) is 0 Å². The third kappa shape index (κ3) is 6.03. The fourth-order valence-corrected chi connectivity index (χ4v) is 3.50. The lowest BCUT2D eigenvalue weighted by Crippen LogP contribution is -2.31. The van der Waals surface area contributed by atoms with Crippen LogP contribution in [0.15, 0.2) is 48.5 Å². The monoisotopic (exact) mass is 431 g/mol. The van der Waals surface area contributed by atoms with E-state index in [1.54, 1.807) is 10.9 Å². The molecule has 0 aliphatic heterocycles. The normalized spacial score (nSPS) is 11.3. The Bertz CT molecular complexity index is 907. The third-order valence-electron chi connectivity index (χ3n) is 4.87. The number of rotatable bonds is 10. The molecule has 0 atom stereocenters. The van der Waals surface area contributed by atoms with Crippen LogP contribution in [-0.4, -0.2) is 46.1 Å². The molecule has 1 aromatic heterocycles. The summed E-state index contributed by atoms with van der Waals surface area (Å²) in [5.41, 5.74) is 3.92. The molecule has 3 rings (SSSR count). The Hall–Kier alpha value is -1.92. The molecule has 2 aromatic carbocycles. The lowest BCUT2D eigenvalue weighted by atomic mass is 10.1. The highest BCUT2D eigenvalue weighted by Crippen LogP contribution is 2.24. The van der Waals surface area contributed by atoms with Gasteiger partial charge in [-0.3, -0.25) is 0 Å². The lowest BCUT2D eigenvalue weighted by molar-refractivity contribution is 0.302. The van der Waals surface area contributed by atoms with Gasteiger partial charge in [-0.15, -0.1) is 0 Å². The minimum absolute atomic E-state index is 0.538. The van der Waals surface area contributed by atoms with E-state index in [1.807, 2.05) is 30.3 Å². The van der Waals surface area contributed by atoms with Gasteiger partial charge in [-0.05, 0) is 30.8 Å². The van der Waals surface area contributed by atoms with Gasteiger partial charge in [0.1, 0.15) is 11.4 Å². The van der Waals surface area contributed by atoms with E-state index in [2.05, 4.69) is 36.2 Å². The first-order valence-corrected chi connectivity index (χ1v) is 10.7. The molecule has 0 bridgehead atoms. The summed E-state index contributed by atoms with van der Waals surface area (Å²) in [4.78, 5) is 4.12. The Morgan fingerprint density at radius 3 is 2.41 bits per heavy atom. The predicted molar refractivity (Wildman–Crippen MR) is 121 cm³/mol. The summed E-state index contributed by atoms with van der Waals surface area (Å²) in [5.74, 6) is 0. The zero-order chi connectivity index (χ0) is 20.6. The molecular weight excluding hydrogens is 405 g/mol. The molecule has 154 valence electrons. The summed E-state index contributed by atoms with van der Waals surface area (Å²) in [6.45, 7) is 9.64. The van der Waals surface area contributed by atoms with E-state index in [0.717, 1.165) is 48.7 Å². The van der Waals surface area contributed by atoms with Crippen molar-refractivity contribution in [1.29, 1.82) is 0 Å². The highest BCUT2D eigenvalue weighted by molar-refractivity contribution is 6.42. The minimum atomic E-state index is 0.538. The van der Waals surface area contributed by atoms with Gasteiger partial charge >= 0.3 is 0 Å². The predicted octanol–water partition coefficient (Wildman–Crippen LogP) is 4.73. The summed E-state index contributed by atoms with van der Waals surface area (Å²) in [5, 5.41) is 14.1. The second-order valence-corrected chi connectivity index (χ2v) is 7.66. The maximum Gasteiger partial charge on any atom is 0.117 e. The average molecular weight is 432 g/mol. The number of likely N-dealkylation sites (N-methyl/N-ethyl adjacent to an activating group) is 1. The van der Waals surface area contributed by atoms with Gasteiger partial charge < -0.3 is 10.2 Å². The quantitative estimate of drug-likeness (QED) is 0.471. The zero-order valence-electron chi connectivity index (χ0n) is 16.9. The maximum absolute atomic E-state index is 6.15. The van der Waals surface area contributed by atoms with E-state index in [-0.39, 0.29) is 0 Å². The Balaban J connectivity index is 1.75. The number of nitrogens with one attached hydrogen (secondary N) is 1. The van der Waals surface area contributed by atoms with Gasteiger partial charge in [0.15, 0.2) is 0 Å². The van der Waals surface area contributed by atoms with Crippen LogP contribution in [0.2, 0.25) is 10.0 Å². The van der Waals surface area contributed by atoms with E-state index < -0.39 is 0 Å². The number of aromatic nitrogens is 3. The zero-order valence-corrected chi connectivity index (χ0v) is 18.4. The molecule has 7 heteroatoms. The van der Waals surface area contributed by atoms with Crippen molar-refractivity contribution in [3.63, 3.8) is 0 Å². The van der Waals surface area contributed by atoms with Gasteiger partial charge in [0.2, 0.25) is 0 Å². The molecule has 0 saturated heterocycles. The molecule has 0 spiro atoms. The van der Waals surface area contributed by atoms with Crippen molar-refractivity contribution in [1.82, 2.24) is 25.2 Å². The van der Waals surface area contributed by atoms with Gasteiger partial charge in [0, 0.05) is 25.2 Å². The number of hydrogen-bond acceptors (Lipinski definition) is 4. The Labute approximate surface area is 182 Å². The number of halogens is 2. The molecule has 0 aliphatic rings. The van der Waals surface area contributed by atoms with Crippen LogP contribution in [0.25, 0.3) is 11.3 Å². The first kappa shape index (κ1) is 21.8. The Kier molecular flexibility index (Phi) is 8.07. The van der Waals surface area contributed by atoms with Crippen LogP contribution in [0.1, 0.15) is 25.1 Å². The van der Waals surface area contributed by atoms with Crippen molar-refractivity contribution in [2.75, 3.05) is 26.2 Å². The Morgan fingerprint density at radius 2 is 1.72 bits per heavy atom. The molecule has 0 fully saturated rings. The third-order valence-corrected chi connectivity index (χ3v) is 5.61. The second-order valence-electron chi connectivity index (χ2n) is 6.84. The van der Waals surface area contributed by atoms with Gasteiger partial charge in [0.05, 0.1) is 16.6 Å². The van der Waals surface area contributed by atoms with Crippen molar-refractivity contribution in [2.24, 2.45) is 0 Å². The summed E-state index contributed by atoms with van der Waals surface area (Å²) in [6, 6.07) is 15.8. The molecule has 29 heavy (non-hydrogen) atoms. The summed E-state index contributed by atoms with van der Waals surface area (Å²) < 4.78 is 0. The van der Waals surface area contributed by atoms with Crippen LogP contribution in [-0.2, 0) is 13.1 Å². The molecular formula is C22H27Cl2N5. The SMILES string of the molecule is CCN(CC)CCNCc1nn(Cc2ccc(Cl)c(Cl)c2)nc1-c1ccccc1. The first-order chi connectivity index (χ1) is 14.1. The van der Waals surface area contributed by atoms with E-state index in [0.29, 0.717) is 23.1 Å². The van der Waals surface area contributed by atoms with Crippen LogP contribution >= 0.6 is 23.2 Å². The smallest absolute Gasteiger partial charge is 0.117 e. The van der Waals surface area contributed by atoms with Gasteiger partial charge in [-0.1, -0.05) is 73.4 Å². The van der Waals surface area contributed by atoms with Crippen molar-refractivity contribution in [2.45, 2.75) is 26.9 Å². The van der Waals surface area contributed by atoms with E-state index in [4.69, 9.17) is 33.4 Å². The van der Waals surface area contributed by atoms with E-state index in [1.165, 1.54) is 0 Å². The van der Waals surface area contributed by atoms with Crippen LogP contribution in [0, 0.1) is 0 Å². The molecule has 0 amide bonds. The summed E-state index contributed by atoms with van der Waals surface area (Å²) in [7, 11) is 0. The molecule has 0 unspecified atom stereocenters. The molecule has 3 aromatic rings. The van der Waals surface area contributed by atoms with Gasteiger partial charge in [-0.25, -0.2) is 0 Å². The fourth-order valence-electron chi connectivity index (χ4n) is 3.18. The minimum Gasteiger partial charge on any atom is -0.310 e. The molecule has 0 radical (unpaired) electrons. The molecule has 0 aliphatic carbocycles. The van der Waals surface area contributed by atoms with Crippen LogP contribution in [0.5, 0.6) is 0 Å². The standard InChI is InChI=1S/C22H27Cl2N5/c1-3-28(4-2)13-12-25-15-21-22(18-8-6-5-7-9-18)27-29(26-21)16-17-10-11-19(23)20(24)14-17/h5-11,14,25H,3-4,12-13,15-16H2,1-2H3. The topological polar surface area (TPSA) is 46.0 Å². The van der Waals surface area contributed by atoms with Crippen LogP contribution < -0.4 is 5.32 Å². The largest absolute Gasteiger partial charge is 0.310 e. The van der Waals surface area contributed by atoms with Crippen molar-refractivity contribution in [3.05, 3.63) is 69.8 Å². The number of hydrogen-bond donors (Lipinski definition) is 1. The summed E-state index contributed by atoms with van der Waals surface area (Å²) >= 11 is 12.2. The second kappa shape index (κ2) is 10.7. The highest BCUT2D eigenvalue weighted by atomic mass is 35.5. The molecule has 5 nitrogen and oxygen atoms in total. The number of nitrogens with zero attached hydrogens (tertiary/aromatic N) is 4. The fraction of sp³-hybridized carbons (Fsp3) is 0.364. The average Bonchev–Trinajstić information content (AvgIpc) is 3.14. The first-order valence-electron chi connectivity index (χ1n) is 9.97. The molecule has 0 saturated carbocycles.